The normalized spacial score (nSPS) is 15.8. The van der Waals surface area contributed by atoms with Crippen LogP contribution in [-0.4, -0.2) is 80.5 Å². The van der Waals surface area contributed by atoms with Crippen LogP contribution in [0.15, 0.2) is 0 Å². The molecule has 1 heterocycles. The number of Topliss-reactive ketones (excluding diaryl/α,β-unsaturated/α-hetero) is 1. The highest BCUT2D eigenvalue weighted by molar-refractivity contribution is 5.78. The molecule has 1 saturated heterocycles. The molecular formula is C24H47N3O3. The molecule has 0 radical (unpaired) electrons. The first-order chi connectivity index (χ1) is 14.4. The van der Waals surface area contributed by atoms with Gasteiger partial charge in [0.25, 0.3) is 0 Å². The molecule has 0 unspecified atom stereocenters. The number of carbonyl (C=O) groups excluding carboxylic acids is 2. The van der Waals surface area contributed by atoms with Gasteiger partial charge in [-0.05, 0) is 37.5 Å². The fraction of sp³-hybridized carbons (Fsp3) is 0.917. The summed E-state index contributed by atoms with van der Waals surface area (Å²) in [5, 5.41) is 3.03. The quantitative estimate of drug-likeness (QED) is 0.362. The third-order valence-electron chi connectivity index (χ3n) is 5.49. The number of ether oxygens (including phenoxy) is 1. The Balaban J connectivity index is 1.91. The molecule has 0 spiro atoms. The van der Waals surface area contributed by atoms with E-state index in [1.54, 1.807) is 0 Å². The Morgan fingerprint density at radius 2 is 1.50 bits per heavy atom. The van der Waals surface area contributed by atoms with Crippen molar-refractivity contribution in [3.05, 3.63) is 0 Å². The molecule has 1 N–H and O–H groups in total. The molecule has 1 aliphatic heterocycles. The summed E-state index contributed by atoms with van der Waals surface area (Å²) in [7, 11) is 0. The van der Waals surface area contributed by atoms with Gasteiger partial charge in [0.2, 0.25) is 5.91 Å². The van der Waals surface area contributed by atoms with Crippen molar-refractivity contribution in [2.75, 3.05) is 59.0 Å². The van der Waals surface area contributed by atoms with Gasteiger partial charge in [0, 0.05) is 65.3 Å². The molecule has 0 aromatic carbocycles. The van der Waals surface area contributed by atoms with Gasteiger partial charge in [-0.15, -0.1) is 0 Å². The number of piperazine rings is 1. The monoisotopic (exact) mass is 425 g/mol. The molecule has 176 valence electrons. The van der Waals surface area contributed by atoms with Crippen LogP contribution in [0.1, 0.15) is 72.6 Å². The van der Waals surface area contributed by atoms with Crippen LogP contribution in [0.3, 0.4) is 0 Å². The summed E-state index contributed by atoms with van der Waals surface area (Å²) in [6.07, 6.45) is 6.05. The first-order valence-corrected chi connectivity index (χ1v) is 12.2. The van der Waals surface area contributed by atoms with Crippen molar-refractivity contribution in [2.45, 2.75) is 72.6 Å². The largest absolute Gasteiger partial charge is 0.381 e. The van der Waals surface area contributed by atoms with E-state index in [9.17, 15) is 9.59 Å². The van der Waals surface area contributed by atoms with Crippen molar-refractivity contribution in [3.63, 3.8) is 0 Å². The first-order valence-electron chi connectivity index (χ1n) is 12.2. The number of amides is 1. The zero-order chi connectivity index (χ0) is 22.2. The molecule has 0 saturated carbocycles. The van der Waals surface area contributed by atoms with Crippen LogP contribution in [0.4, 0.5) is 0 Å². The molecule has 1 fully saturated rings. The van der Waals surface area contributed by atoms with Gasteiger partial charge in [0.05, 0.1) is 6.54 Å². The molecule has 0 aromatic heterocycles. The Morgan fingerprint density at radius 3 is 2.17 bits per heavy atom. The second kappa shape index (κ2) is 16.7. The Kier molecular flexibility index (Phi) is 15.0. The minimum absolute atomic E-state index is 0.126. The maximum Gasteiger partial charge on any atom is 0.234 e. The van der Waals surface area contributed by atoms with Gasteiger partial charge in [-0.25, -0.2) is 0 Å². The number of hydrogen-bond acceptors (Lipinski definition) is 5. The Morgan fingerprint density at radius 1 is 0.833 bits per heavy atom. The zero-order valence-corrected chi connectivity index (χ0v) is 20.1. The topological polar surface area (TPSA) is 61.9 Å². The minimum Gasteiger partial charge on any atom is -0.381 e. The SMILES string of the molecule is CC(C)CCOCCCC(=O)CCCCCNC(=O)CN1CCN(CC(C)C)CC1. The van der Waals surface area contributed by atoms with E-state index < -0.39 is 0 Å². The number of carbonyl (C=O) groups is 2. The van der Waals surface area contributed by atoms with E-state index in [1.807, 2.05) is 0 Å². The van der Waals surface area contributed by atoms with Crippen molar-refractivity contribution in [3.8, 4) is 0 Å². The molecule has 0 aromatic rings. The number of ketones is 1. The van der Waals surface area contributed by atoms with Crippen molar-refractivity contribution in [1.29, 1.82) is 0 Å². The molecule has 1 rings (SSSR count). The number of nitrogens with zero attached hydrogens (tertiary/aromatic N) is 2. The Hall–Kier alpha value is -0.980. The lowest BCUT2D eigenvalue weighted by Gasteiger charge is -2.35. The second-order valence-corrected chi connectivity index (χ2v) is 9.57. The minimum atomic E-state index is 0.126. The van der Waals surface area contributed by atoms with Gasteiger partial charge in [-0.2, -0.15) is 0 Å². The molecule has 0 bridgehead atoms. The zero-order valence-electron chi connectivity index (χ0n) is 20.1. The lowest BCUT2D eigenvalue weighted by Crippen LogP contribution is -2.50. The highest BCUT2D eigenvalue weighted by Crippen LogP contribution is 2.06. The lowest BCUT2D eigenvalue weighted by atomic mass is 10.1. The van der Waals surface area contributed by atoms with E-state index in [1.165, 1.54) is 0 Å². The summed E-state index contributed by atoms with van der Waals surface area (Å²) >= 11 is 0. The van der Waals surface area contributed by atoms with Crippen LogP contribution >= 0.6 is 0 Å². The smallest absolute Gasteiger partial charge is 0.234 e. The Labute approximate surface area is 185 Å². The number of nitrogens with one attached hydrogen (secondary N) is 1. The summed E-state index contributed by atoms with van der Waals surface area (Å²) < 4.78 is 5.55. The number of rotatable bonds is 17. The van der Waals surface area contributed by atoms with E-state index in [-0.39, 0.29) is 5.91 Å². The second-order valence-electron chi connectivity index (χ2n) is 9.57. The van der Waals surface area contributed by atoms with Crippen molar-refractivity contribution < 1.29 is 14.3 Å². The highest BCUT2D eigenvalue weighted by Gasteiger charge is 2.19. The van der Waals surface area contributed by atoms with E-state index in [0.717, 1.165) is 71.4 Å². The molecular weight excluding hydrogens is 378 g/mol. The summed E-state index contributed by atoms with van der Waals surface area (Å²) in [6.45, 7) is 16.8. The molecule has 30 heavy (non-hydrogen) atoms. The highest BCUT2D eigenvalue weighted by atomic mass is 16.5. The fourth-order valence-electron chi connectivity index (χ4n) is 3.67. The molecule has 0 atom stereocenters. The molecule has 0 aliphatic carbocycles. The van der Waals surface area contributed by atoms with Gasteiger partial charge >= 0.3 is 0 Å². The van der Waals surface area contributed by atoms with Crippen molar-refractivity contribution in [2.24, 2.45) is 11.8 Å². The van der Waals surface area contributed by atoms with Gasteiger partial charge < -0.3 is 15.0 Å². The molecule has 6 nitrogen and oxygen atoms in total. The fourth-order valence-corrected chi connectivity index (χ4v) is 3.67. The lowest BCUT2D eigenvalue weighted by molar-refractivity contribution is -0.123. The molecule has 1 aliphatic rings. The van der Waals surface area contributed by atoms with E-state index in [2.05, 4.69) is 42.8 Å². The van der Waals surface area contributed by atoms with E-state index in [4.69, 9.17) is 4.74 Å². The van der Waals surface area contributed by atoms with Crippen LogP contribution in [0.25, 0.3) is 0 Å². The standard InChI is InChI=1S/C24H47N3O3/c1-21(2)11-18-30-17-8-10-23(28)9-6-5-7-12-25-24(29)20-27-15-13-26(14-16-27)19-22(3)4/h21-22H,5-20H2,1-4H3,(H,25,29). The summed E-state index contributed by atoms with van der Waals surface area (Å²) in [6, 6.07) is 0. The Bertz CT molecular complexity index is 461. The first kappa shape index (κ1) is 27.1. The van der Waals surface area contributed by atoms with Crippen LogP contribution in [0.2, 0.25) is 0 Å². The van der Waals surface area contributed by atoms with Gasteiger partial charge in [0.1, 0.15) is 5.78 Å². The average Bonchev–Trinajstić information content (AvgIpc) is 2.68. The van der Waals surface area contributed by atoms with Gasteiger partial charge in [-0.3, -0.25) is 14.5 Å². The van der Waals surface area contributed by atoms with Gasteiger partial charge in [0.15, 0.2) is 0 Å². The maximum absolute atomic E-state index is 12.1. The van der Waals surface area contributed by atoms with Crippen molar-refractivity contribution >= 4 is 11.7 Å². The average molecular weight is 426 g/mol. The third-order valence-corrected chi connectivity index (χ3v) is 5.49. The number of hydrogen-bond donors (Lipinski definition) is 1. The van der Waals surface area contributed by atoms with Crippen LogP contribution in [0.5, 0.6) is 0 Å². The van der Waals surface area contributed by atoms with Crippen LogP contribution in [0, 0.1) is 11.8 Å². The predicted molar refractivity (Wildman–Crippen MR) is 124 cm³/mol. The maximum atomic E-state index is 12.1. The van der Waals surface area contributed by atoms with Crippen LogP contribution in [-0.2, 0) is 14.3 Å². The summed E-state index contributed by atoms with van der Waals surface area (Å²) in [5.41, 5.74) is 0. The number of unbranched alkanes of at least 4 members (excludes halogenated alkanes) is 2. The van der Waals surface area contributed by atoms with Crippen LogP contribution < -0.4 is 5.32 Å². The third kappa shape index (κ3) is 14.9. The summed E-state index contributed by atoms with van der Waals surface area (Å²) in [5.74, 6) is 1.83. The summed E-state index contributed by atoms with van der Waals surface area (Å²) in [4.78, 5) is 28.7. The molecule has 1 amide bonds. The van der Waals surface area contributed by atoms with Gasteiger partial charge in [-0.1, -0.05) is 34.1 Å². The van der Waals surface area contributed by atoms with E-state index >= 15 is 0 Å². The van der Waals surface area contributed by atoms with Crippen molar-refractivity contribution in [1.82, 2.24) is 15.1 Å². The molecule has 6 heteroatoms. The predicted octanol–water partition coefficient (Wildman–Crippen LogP) is 3.35. The van der Waals surface area contributed by atoms with E-state index in [0.29, 0.717) is 50.2 Å².